The van der Waals surface area contributed by atoms with Gasteiger partial charge in [0.2, 0.25) is 0 Å². The van der Waals surface area contributed by atoms with Gasteiger partial charge in [0.25, 0.3) is 5.56 Å². The number of ether oxygens (including phenoxy) is 3. The number of phosphoric ester groups is 1. The number of aromatic hydroxyl groups is 1. The number of phenolic OH excluding ortho intramolecular Hbond substituents is 1. The fourth-order valence-electron chi connectivity index (χ4n) is 6.63. The first-order valence-electron chi connectivity index (χ1n) is 17.8. The smallest absolute Gasteiger partial charge is 0.472 e. The van der Waals surface area contributed by atoms with E-state index in [1.807, 2.05) is 4.98 Å². The van der Waals surface area contributed by atoms with Gasteiger partial charge in [-0.15, -0.1) is 0 Å². The van der Waals surface area contributed by atoms with Crippen molar-refractivity contribution < 1.29 is 65.0 Å². The van der Waals surface area contributed by atoms with Crippen molar-refractivity contribution >= 4 is 49.0 Å². The van der Waals surface area contributed by atoms with Crippen molar-refractivity contribution in [3.63, 3.8) is 0 Å². The minimum atomic E-state index is -5.28. The molecule has 318 valence electrons. The summed E-state index contributed by atoms with van der Waals surface area (Å²) in [7, 11) is -5.28. The summed E-state index contributed by atoms with van der Waals surface area (Å²) in [6, 6.07) is 11.1. The lowest BCUT2D eigenvalue weighted by Gasteiger charge is -2.27. The first kappa shape index (κ1) is 41.8. The van der Waals surface area contributed by atoms with E-state index in [0.717, 1.165) is 29.5 Å². The molecule has 0 radical (unpaired) electrons. The average molecular weight is 896 g/mol. The predicted molar refractivity (Wildman–Crippen MR) is 203 cm³/mol. The Labute approximate surface area is 339 Å². The second-order valence-electron chi connectivity index (χ2n) is 13.6. The van der Waals surface area contributed by atoms with Gasteiger partial charge in [-0.25, -0.2) is 42.5 Å². The molecule has 0 amide bonds. The maximum Gasteiger partial charge on any atom is 0.472 e. The van der Waals surface area contributed by atoms with Gasteiger partial charge in [-0.05, 0) is 59.8 Å². The molecular formula is C34H33F2N7O14P2S. The molecule has 5 aromatic rings. The van der Waals surface area contributed by atoms with E-state index < -0.39 is 94.3 Å². The van der Waals surface area contributed by atoms with Crippen molar-refractivity contribution in [1.82, 2.24) is 29.1 Å². The molecular weight excluding hydrogens is 862 g/mol. The molecule has 8 rings (SSSR count). The van der Waals surface area contributed by atoms with Crippen LogP contribution in [0.1, 0.15) is 33.9 Å². The van der Waals surface area contributed by atoms with Gasteiger partial charge >= 0.3 is 26.3 Å². The number of hydrogen-bond donors (Lipinski definition) is 4. The first-order chi connectivity index (χ1) is 28.6. The van der Waals surface area contributed by atoms with Gasteiger partial charge in [0.1, 0.15) is 47.8 Å². The number of nitrogen functional groups attached to an aromatic ring is 1. The molecule has 10 atom stereocenters. The third-order valence-corrected chi connectivity index (χ3v) is 14.2. The number of esters is 1. The number of anilines is 1. The molecule has 3 aliphatic heterocycles. The van der Waals surface area contributed by atoms with Crippen molar-refractivity contribution in [1.29, 1.82) is 0 Å². The van der Waals surface area contributed by atoms with E-state index in [-0.39, 0.29) is 39.8 Å². The van der Waals surface area contributed by atoms with Gasteiger partial charge in [0.15, 0.2) is 36.3 Å². The van der Waals surface area contributed by atoms with Crippen LogP contribution in [0.5, 0.6) is 11.5 Å². The molecule has 0 aliphatic carbocycles. The molecule has 2 unspecified atom stereocenters. The molecule has 6 heterocycles. The number of alkyl halides is 2. The van der Waals surface area contributed by atoms with Gasteiger partial charge in [-0.3, -0.25) is 37.0 Å². The monoisotopic (exact) mass is 895 g/mol. The number of aromatic amines is 1. The zero-order valence-corrected chi connectivity index (χ0v) is 33.4. The zero-order valence-electron chi connectivity index (χ0n) is 30.8. The molecule has 4 bridgehead atoms. The van der Waals surface area contributed by atoms with Crippen LogP contribution in [0, 0.1) is 6.92 Å². The van der Waals surface area contributed by atoms with E-state index in [0.29, 0.717) is 22.5 Å². The van der Waals surface area contributed by atoms with E-state index >= 15 is 8.78 Å². The number of nitrogens with two attached hydrogens (primary N) is 1. The summed E-state index contributed by atoms with van der Waals surface area (Å²) in [5, 5.41) is 9.67. The number of phosphoric acid groups is 1. The van der Waals surface area contributed by atoms with Gasteiger partial charge in [0.05, 0.1) is 25.1 Å². The average Bonchev–Trinajstić information content (AvgIpc) is 3.86. The maximum atomic E-state index is 16.4. The largest absolute Gasteiger partial charge is 0.508 e. The molecule has 0 spiro atoms. The number of nitrogens with one attached hydrogen (secondary N) is 1. The van der Waals surface area contributed by atoms with Crippen LogP contribution in [0.3, 0.4) is 0 Å². The van der Waals surface area contributed by atoms with Crippen molar-refractivity contribution in [3.8, 4) is 11.5 Å². The number of rotatable bonds is 7. The Balaban J connectivity index is 1.09. The molecule has 3 aromatic heterocycles. The fourth-order valence-corrected chi connectivity index (χ4v) is 10.9. The number of halogens is 2. The third kappa shape index (κ3) is 8.53. The molecule has 3 aliphatic rings. The summed E-state index contributed by atoms with van der Waals surface area (Å²) < 4.78 is 102. The number of benzene rings is 2. The first-order valence-corrected chi connectivity index (χ1v) is 22.4. The number of phenols is 1. The zero-order chi connectivity index (χ0) is 42.5. The standard InChI is InChI=1S/C34H33F2N7O14P2S/c1-16-10-18(44)4-7-20(16)33(46)53-19-5-2-17(3-6-19)13-60-59(50)52-12-22-24(35)27(32(55-22)43-15-40-26-29(37)38-14-39-30(26)43)56-58(48,49)51-11-21-25(36)28(57-59)31(54-21)42-9-8-23(45)41-34(42)47/h2-10,14-15,21-22,24-25,27-28,31-32,44H,11-13H2,1H3,(H,48,49)(H2,37,38,39)(H,41,45,47)/t21-,22-,24-,25-,27-,28-,31-,32-,59?/m1/s1. The Kier molecular flexibility index (Phi) is 11.5. The van der Waals surface area contributed by atoms with E-state index in [2.05, 4.69) is 15.0 Å². The minimum Gasteiger partial charge on any atom is -0.508 e. The summed E-state index contributed by atoms with van der Waals surface area (Å²) in [5.74, 6) is -0.745. The number of nitrogens with zero attached hydrogens (tertiary/aromatic N) is 5. The predicted octanol–water partition coefficient (Wildman–Crippen LogP) is 3.62. The van der Waals surface area contributed by atoms with Gasteiger partial charge in [0, 0.05) is 18.0 Å². The number of fused-ring (bicyclic) bond motifs is 5. The highest BCUT2D eigenvalue weighted by Gasteiger charge is 2.55. The number of imidazole rings is 1. The number of aromatic nitrogens is 6. The van der Waals surface area contributed by atoms with Crippen LogP contribution in [-0.2, 0) is 42.5 Å². The second-order valence-corrected chi connectivity index (χ2v) is 19.0. The Morgan fingerprint density at radius 1 is 0.967 bits per heavy atom. The van der Waals surface area contributed by atoms with Crippen LogP contribution >= 0.6 is 26.0 Å². The summed E-state index contributed by atoms with van der Waals surface area (Å²) in [6.45, 7) is -4.97. The number of carbonyl (C=O) groups is 1. The summed E-state index contributed by atoms with van der Waals surface area (Å²) in [5.41, 5.74) is 5.37. The highest BCUT2D eigenvalue weighted by molar-refractivity contribution is 8.54. The topological polar surface area (TPSA) is 281 Å². The molecule has 3 saturated heterocycles. The SMILES string of the molecule is Cc1cc(O)ccc1C(=O)Oc1ccc(CSP2(=O)OC[C@H]3O[C@@H](n4cnc5c(N)ncnc54)[C@H](OP(=O)(O)OC[C@H]4O[C@@H](n5ccc(=O)[nH]c5=O)[C@H](O2)[C@@H]4F)[C@@H]3F)cc1. The molecule has 5 N–H and O–H groups in total. The van der Waals surface area contributed by atoms with Gasteiger partial charge in [-0.1, -0.05) is 12.1 Å². The Hall–Kier alpha value is -4.87. The molecule has 3 fully saturated rings. The van der Waals surface area contributed by atoms with E-state index in [1.165, 1.54) is 47.0 Å². The van der Waals surface area contributed by atoms with Crippen LogP contribution in [0.2, 0.25) is 0 Å². The molecule has 0 saturated carbocycles. The highest BCUT2D eigenvalue weighted by atomic mass is 32.7. The number of carbonyl (C=O) groups excluding carboxylic acids is 1. The summed E-state index contributed by atoms with van der Waals surface area (Å²) in [6.07, 6.45) is -12.0. The molecule has 60 heavy (non-hydrogen) atoms. The van der Waals surface area contributed by atoms with E-state index in [9.17, 15) is 33.5 Å². The van der Waals surface area contributed by atoms with Crippen molar-refractivity contribution in [2.45, 2.75) is 61.9 Å². The van der Waals surface area contributed by atoms with E-state index in [4.69, 9.17) is 38.0 Å². The lowest BCUT2D eigenvalue weighted by atomic mass is 10.1. The number of hydrogen-bond acceptors (Lipinski definition) is 18. The minimum absolute atomic E-state index is 0.0203. The quantitative estimate of drug-likeness (QED) is 0.103. The van der Waals surface area contributed by atoms with Crippen LogP contribution in [0.4, 0.5) is 14.6 Å². The van der Waals surface area contributed by atoms with Crippen molar-refractivity contribution in [2.24, 2.45) is 0 Å². The van der Waals surface area contributed by atoms with Crippen LogP contribution in [0.15, 0.2) is 77.0 Å². The third-order valence-electron chi connectivity index (χ3n) is 9.57. The van der Waals surface area contributed by atoms with Gasteiger partial charge < -0.3 is 29.9 Å². The Morgan fingerprint density at radius 3 is 2.35 bits per heavy atom. The van der Waals surface area contributed by atoms with Crippen LogP contribution in [0.25, 0.3) is 11.2 Å². The normalized spacial score (nSPS) is 30.9. The molecule has 26 heteroatoms. The van der Waals surface area contributed by atoms with Gasteiger partial charge in [-0.2, -0.15) is 0 Å². The lowest BCUT2D eigenvalue weighted by molar-refractivity contribution is -0.0648. The molecule has 21 nitrogen and oxygen atoms in total. The fraction of sp³-hybridized carbons (Fsp3) is 0.353. The van der Waals surface area contributed by atoms with E-state index in [1.54, 1.807) is 6.92 Å². The summed E-state index contributed by atoms with van der Waals surface area (Å²) in [4.78, 5) is 62.3. The summed E-state index contributed by atoms with van der Waals surface area (Å²) >= 11 is 0.547. The Morgan fingerprint density at radius 2 is 1.65 bits per heavy atom. The van der Waals surface area contributed by atoms with Crippen molar-refractivity contribution in [3.05, 3.63) is 105 Å². The maximum absolute atomic E-state index is 16.4. The number of aryl methyl sites for hydroxylation is 1. The molecule has 2 aromatic carbocycles. The highest BCUT2D eigenvalue weighted by Crippen LogP contribution is 2.65. The number of H-pyrrole nitrogens is 1. The van der Waals surface area contributed by atoms with Crippen LogP contribution < -0.4 is 21.7 Å². The van der Waals surface area contributed by atoms with Crippen molar-refractivity contribution in [2.75, 3.05) is 18.9 Å². The lowest BCUT2D eigenvalue weighted by Crippen LogP contribution is -2.38. The second kappa shape index (κ2) is 16.5. The van der Waals surface area contributed by atoms with Crippen LogP contribution in [-0.4, -0.2) is 95.0 Å². The Bertz CT molecular complexity index is 2660.